The van der Waals surface area contributed by atoms with Gasteiger partial charge < -0.3 is 9.84 Å². The van der Waals surface area contributed by atoms with Crippen molar-refractivity contribution in [3.8, 4) is 0 Å². The lowest BCUT2D eigenvalue weighted by molar-refractivity contribution is -0.0303. The molecule has 1 saturated heterocycles. The first-order valence-electron chi connectivity index (χ1n) is 11.8. The van der Waals surface area contributed by atoms with Gasteiger partial charge in [-0.3, -0.25) is 14.4 Å². The maximum absolute atomic E-state index is 13.5. The van der Waals surface area contributed by atoms with Crippen molar-refractivity contribution in [2.75, 3.05) is 13.2 Å². The van der Waals surface area contributed by atoms with Crippen molar-refractivity contribution < 1.29 is 9.84 Å². The number of aliphatic hydroxyl groups excluding tert-OH is 1. The van der Waals surface area contributed by atoms with Crippen molar-refractivity contribution in [1.82, 2.24) is 9.55 Å². The van der Waals surface area contributed by atoms with Crippen LogP contribution in [0.1, 0.15) is 45.7 Å². The largest absolute Gasteiger partial charge is 0.391 e. The molecule has 33 heavy (non-hydrogen) atoms. The van der Waals surface area contributed by atoms with Crippen molar-refractivity contribution in [1.29, 1.82) is 0 Å². The quantitative estimate of drug-likeness (QED) is 0.440. The number of aliphatic hydroxyl groups is 1. The zero-order chi connectivity index (χ0) is 23.5. The Labute approximate surface area is 194 Å². The van der Waals surface area contributed by atoms with Gasteiger partial charge in [0.05, 0.1) is 36.0 Å². The van der Waals surface area contributed by atoms with E-state index in [1.54, 1.807) is 10.9 Å². The van der Waals surface area contributed by atoms with Gasteiger partial charge in [-0.25, -0.2) is 4.98 Å². The van der Waals surface area contributed by atoms with Crippen molar-refractivity contribution in [2.24, 2.45) is 16.8 Å². The first-order chi connectivity index (χ1) is 15.9. The summed E-state index contributed by atoms with van der Waals surface area (Å²) in [6.45, 7) is 9.23. The highest BCUT2D eigenvalue weighted by Gasteiger charge is 2.27. The molecule has 174 valence electrons. The summed E-state index contributed by atoms with van der Waals surface area (Å²) in [5, 5.41) is 13.1. The molecule has 0 spiro atoms. The minimum atomic E-state index is -0.616. The summed E-state index contributed by atoms with van der Waals surface area (Å²) in [5.74, 6) is 0.594. The molecule has 0 bridgehead atoms. The third-order valence-corrected chi connectivity index (χ3v) is 6.39. The summed E-state index contributed by atoms with van der Waals surface area (Å²) in [6, 6.07) is 9.70. The van der Waals surface area contributed by atoms with Crippen LogP contribution in [0.3, 0.4) is 0 Å². The van der Waals surface area contributed by atoms with E-state index < -0.39 is 12.1 Å². The molecule has 6 heteroatoms. The highest BCUT2D eigenvalue weighted by atomic mass is 16.5. The zero-order valence-corrected chi connectivity index (χ0v) is 19.9. The van der Waals surface area contributed by atoms with Gasteiger partial charge in [0, 0.05) is 23.9 Å². The van der Waals surface area contributed by atoms with Gasteiger partial charge in [-0.2, -0.15) is 0 Å². The second-order valence-electron chi connectivity index (χ2n) is 9.25. The fourth-order valence-electron chi connectivity index (χ4n) is 4.66. The molecule has 0 aliphatic carbocycles. The molecule has 4 rings (SSSR count). The zero-order valence-electron chi connectivity index (χ0n) is 19.9. The molecule has 6 nitrogen and oxygen atoms in total. The van der Waals surface area contributed by atoms with Gasteiger partial charge in [0.25, 0.3) is 5.56 Å². The molecule has 3 aromatic rings. The van der Waals surface area contributed by atoms with Crippen molar-refractivity contribution >= 4 is 27.9 Å². The fourth-order valence-corrected chi connectivity index (χ4v) is 4.66. The smallest absolute Gasteiger partial charge is 0.261 e. The lowest BCUT2D eigenvalue weighted by atomic mass is 9.92. The Kier molecular flexibility index (Phi) is 7.05. The molecular weight excluding hydrogens is 414 g/mol. The highest BCUT2D eigenvalue weighted by molar-refractivity contribution is 6.06. The van der Waals surface area contributed by atoms with Crippen LogP contribution in [0.25, 0.3) is 21.7 Å². The number of benzene rings is 2. The van der Waals surface area contributed by atoms with E-state index in [9.17, 15) is 9.90 Å². The molecule has 1 aliphatic heterocycles. The summed E-state index contributed by atoms with van der Waals surface area (Å²) in [5.41, 5.74) is 2.75. The second kappa shape index (κ2) is 9.98. The van der Waals surface area contributed by atoms with Crippen molar-refractivity contribution in [2.45, 2.75) is 52.7 Å². The summed E-state index contributed by atoms with van der Waals surface area (Å²) in [4.78, 5) is 22.7. The Balaban J connectivity index is 1.83. The van der Waals surface area contributed by atoms with E-state index in [1.807, 2.05) is 37.4 Å². The Morgan fingerprint density at radius 3 is 2.73 bits per heavy atom. The summed E-state index contributed by atoms with van der Waals surface area (Å²) in [7, 11) is 0. The molecule has 1 fully saturated rings. The van der Waals surface area contributed by atoms with Gasteiger partial charge in [0.2, 0.25) is 0 Å². The predicted octanol–water partition coefficient (Wildman–Crippen LogP) is 4.68. The van der Waals surface area contributed by atoms with Crippen LogP contribution in [0, 0.1) is 11.8 Å². The summed E-state index contributed by atoms with van der Waals surface area (Å²) < 4.78 is 7.07. The van der Waals surface area contributed by atoms with E-state index in [1.165, 1.54) is 0 Å². The molecule has 0 radical (unpaired) electrons. The van der Waals surface area contributed by atoms with E-state index >= 15 is 0 Å². The minimum Gasteiger partial charge on any atom is -0.391 e. The van der Waals surface area contributed by atoms with E-state index in [0.29, 0.717) is 36.5 Å². The van der Waals surface area contributed by atoms with Crippen LogP contribution in [0.2, 0.25) is 0 Å². The van der Waals surface area contributed by atoms with Gasteiger partial charge in [-0.15, -0.1) is 0 Å². The van der Waals surface area contributed by atoms with E-state index in [-0.39, 0.29) is 11.5 Å². The summed E-state index contributed by atoms with van der Waals surface area (Å²) in [6.07, 6.45) is 6.30. The van der Waals surface area contributed by atoms with Crippen LogP contribution in [-0.2, 0) is 11.2 Å². The van der Waals surface area contributed by atoms with Crippen LogP contribution >= 0.6 is 0 Å². The first kappa shape index (κ1) is 23.3. The maximum atomic E-state index is 13.5. The van der Waals surface area contributed by atoms with E-state index in [4.69, 9.17) is 4.74 Å². The molecule has 1 unspecified atom stereocenters. The number of allylic oxidation sites excluding steroid dienone is 2. The third-order valence-electron chi connectivity index (χ3n) is 6.39. The Morgan fingerprint density at radius 1 is 1.27 bits per heavy atom. The van der Waals surface area contributed by atoms with Gasteiger partial charge >= 0.3 is 0 Å². The van der Waals surface area contributed by atoms with Gasteiger partial charge in [-0.05, 0) is 48.6 Å². The fraction of sp³-hybridized carbons (Fsp3) is 0.444. The van der Waals surface area contributed by atoms with Crippen LogP contribution in [-0.4, -0.2) is 40.2 Å². The third kappa shape index (κ3) is 4.77. The Hall–Kier alpha value is -2.83. The number of aliphatic imine (C=N–C) groups is 1. The summed E-state index contributed by atoms with van der Waals surface area (Å²) >= 11 is 0. The lowest BCUT2D eigenvalue weighted by Crippen LogP contribution is -2.39. The number of hydrogen-bond acceptors (Lipinski definition) is 5. The van der Waals surface area contributed by atoms with Crippen molar-refractivity contribution in [3.05, 3.63) is 64.3 Å². The standard InChI is InChI=1S/C27H33N3O3/c1-5-28-23(17(2)3)13-18(4)12-19-14-22-26(21-9-7-6-8-20(19)21)29-16-30(27(22)32)24-15-33-11-10-25(24)31/h5-9,13-14,16-18,24-25,31H,10-12,15H2,1-4H3/b23-13-,28-5?/t18?,24-,25-/m0/s1. The molecule has 1 N–H and O–H groups in total. The topological polar surface area (TPSA) is 76.7 Å². The van der Waals surface area contributed by atoms with Gasteiger partial charge in [-0.1, -0.05) is 51.1 Å². The Bertz CT molecular complexity index is 1260. The van der Waals surface area contributed by atoms with Crippen LogP contribution in [0.15, 0.2) is 58.2 Å². The number of fused-ring (bicyclic) bond motifs is 3. The molecule has 0 saturated carbocycles. The van der Waals surface area contributed by atoms with Crippen LogP contribution < -0.4 is 5.56 Å². The van der Waals surface area contributed by atoms with Gasteiger partial charge in [0.1, 0.15) is 0 Å². The average Bonchev–Trinajstić information content (AvgIpc) is 2.80. The molecular formula is C27H33N3O3. The molecule has 1 aliphatic rings. The normalized spacial score (nSPS) is 20.8. The first-order valence-corrected chi connectivity index (χ1v) is 11.8. The van der Waals surface area contributed by atoms with Crippen LogP contribution in [0.4, 0.5) is 0 Å². The van der Waals surface area contributed by atoms with Crippen LogP contribution in [0.5, 0.6) is 0 Å². The number of rotatable bonds is 6. The number of hydrogen-bond donors (Lipinski definition) is 1. The van der Waals surface area contributed by atoms with E-state index in [2.05, 4.69) is 42.9 Å². The number of nitrogens with zero attached hydrogens (tertiary/aromatic N) is 3. The SMILES string of the molecule is CC=N/C(=C\C(C)Cc1cc2c(=O)n([C@H]3COCC[C@@H]3O)cnc2c2ccccc12)C(C)C. The second-order valence-corrected chi connectivity index (χ2v) is 9.25. The lowest BCUT2D eigenvalue weighted by Gasteiger charge is -2.29. The molecule has 1 aromatic heterocycles. The number of aromatic nitrogens is 2. The highest BCUT2D eigenvalue weighted by Crippen LogP contribution is 2.29. The molecule has 3 atom stereocenters. The van der Waals surface area contributed by atoms with E-state index in [0.717, 1.165) is 28.5 Å². The predicted molar refractivity (Wildman–Crippen MR) is 134 cm³/mol. The number of ether oxygens (including phenoxy) is 1. The average molecular weight is 448 g/mol. The molecule has 0 amide bonds. The maximum Gasteiger partial charge on any atom is 0.261 e. The minimum absolute atomic E-state index is 0.136. The van der Waals surface area contributed by atoms with Gasteiger partial charge in [0.15, 0.2) is 0 Å². The molecule has 2 heterocycles. The molecule has 2 aromatic carbocycles. The monoisotopic (exact) mass is 447 g/mol. The van der Waals surface area contributed by atoms with Crippen molar-refractivity contribution in [3.63, 3.8) is 0 Å². The Morgan fingerprint density at radius 2 is 2.03 bits per heavy atom.